The van der Waals surface area contributed by atoms with Crippen molar-refractivity contribution >= 4 is 5.97 Å². The fourth-order valence-electron chi connectivity index (χ4n) is 2.00. The Hall–Kier alpha value is -2.36. The molecule has 0 spiro atoms. The highest BCUT2D eigenvalue weighted by Gasteiger charge is 2.06. The molecule has 1 aromatic heterocycles. The number of aryl methyl sites for hydroxylation is 1. The molecule has 1 heterocycles. The Bertz CT molecular complexity index is 671. The summed E-state index contributed by atoms with van der Waals surface area (Å²) in [6.45, 7) is 4.82. The molecular weight excluding hydrogens is 266 g/mol. The van der Waals surface area contributed by atoms with Gasteiger partial charge in [0, 0.05) is 12.3 Å². The third-order valence-corrected chi connectivity index (χ3v) is 3.11. The van der Waals surface area contributed by atoms with E-state index in [9.17, 15) is 9.59 Å². The van der Waals surface area contributed by atoms with Crippen LogP contribution in [0.3, 0.4) is 0 Å². The van der Waals surface area contributed by atoms with Crippen LogP contribution in [0.5, 0.6) is 0 Å². The van der Waals surface area contributed by atoms with Crippen LogP contribution in [0.25, 0.3) is 0 Å². The summed E-state index contributed by atoms with van der Waals surface area (Å²) in [5.41, 5.74) is 2.50. The second-order valence-corrected chi connectivity index (χ2v) is 5.01. The van der Waals surface area contributed by atoms with Crippen molar-refractivity contribution < 1.29 is 9.53 Å². The molecular formula is C17H19NO3. The Labute approximate surface area is 124 Å². The van der Waals surface area contributed by atoms with E-state index in [4.69, 9.17) is 4.74 Å². The molecule has 0 atom stereocenters. The minimum absolute atomic E-state index is 0.0352. The average molecular weight is 285 g/mol. The van der Waals surface area contributed by atoms with Gasteiger partial charge in [0.15, 0.2) is 0 Å². The molecule has 4 nitrogen and oxygen atoms in total. The average Bonchev–Trinajstić information content (AvgIpc) is 2.49. The highest BCUT2D eigenvalue weighted by atomic mass is 16.5. The molecule has 2 rings (SSSR count). The minimum Gasteiger partial charge on any atom is -0.462 e. The zero-order valence-corrected chi connectivity index (χ0v) is 12.3. The third kappa shape index (κ3) is 4.05. The number of carbonyl (C=O) groups excluding carboxylic acids is 1. The zero-order valence-electron chi connectivity index (χ0n) is 12.3. The molecule has 2 aromatic rings. The topological polar surface area (TPSA) is 48.3 Å². The molecule has 0 aliphatic rings. The van der Waals surface area contributed by atoms with Gasteiger partial charge in [-0.3, -0.25) is 4.79 Å². The molecule has 0 unspecified atom stereocenters. The molecule has 0 radical (unpaired) electrons. The summed E-state index contributed by atoms with van der Waals surface area (Å²) in [6, 6.07) is 10.5. The van der Waals surface area contributed by atoms with Crippen molar-refractivity contribution in [3.8, 4) is 0 Å². The Balaban J connectivity index is 2.10. The predicted molar refractivity (Wildman–Crippen MR) is 81.6 cm³/mol. The summed E-state index contributed by atoms with van der Waals surface area (Å²) in [6.07, 6.45) is 2.63. The fraction of sp³-hybridized carbons (Fsp3) is 0.294. The van der Waals surface area contributed by atoms with Gasteiger partial charge in [0.05, 0.1) is 18.7 Å². The molecule has 4 heteroatoms. The van der Waals surface area contributed by atoms with Gasteiger partial charge in [0.25, 0.3) is 5.56 Å². The van der Waals surface area contributed by atoms with Crippen LogP contribution in [-0.2, 0) is 11.3 Å². The van der Waals surface area contributed by atoms with Gasteiger partial charge in [0.1, 0.15) is 0 Å². The van der Waals surface area contributed by atoms with Crippen LogP contribution in [0.1, 0.15) is 34.8 Å². The molecule has 0 bridgehead atoms. The summed E-state index contributed by atoms with van der Waals surface area (Å²) < 4.78 is 6.73. The number of pyridine rings is 1. The van der Waals surface area contributed by atoms with Gasteiger partial charge in [-0.15, -0.1) is 0 Å². The number of hydrogen-bond donors (Lipinski definition) is 0. The SMILES string of the molecule is CCCOC(=O)c1ccc(Cn2cc(C)ccc2=O)cc1. The third-order valence-electron chi connectivity index (χ3n) is 3.11. The lowest BCUT2D eigenvalue weighted by atomic mass is 10.1. The van der Waals surface area contributed by atoms with E-state index < -0.39 is 0 Å². The van der Waals surface area contributed by atoms with Crippen LogP contribution in [0.4, 0.5) is 0 Å². The van der Waals surface area contributed by atoms with E-state index in [1.807, 2.05) is 32.2 Å². The number of benzene rings is 1. The molecule has 0 saturated carbocycles. The van der Waals surface area contributed by atoms with Gasteiger partial charge in [-0.05, 0) is 36.6 Å². The lowest BCUT2D eigenvalue weighted by molar-refractivity contribution is 0.0505. The zero-order chi connectivity index (χ0) is 15.2. The summed E-state index contributed by atoms with van der Waals surface area (Å²) in [5.74, 6) is -0.309. The first-order valence-electron chi connectivity index (χ1n) is 7.03. The first kappa shape index (κ1) is 15.0. The van der Waals surface area contributed by atoms with Gasteiger partial charge in [-0.25, -0.2) is 4.79 Å². The number of hydrogen-bond acceptors (Lipinski definition) is 3. The van der Waals surface area contributed by atoms with Crippen molar-refractivity contribution in [1.82, 2.24) is 4.57 Å². The first-order chi connectivity index (χ1) is 10.1. The van der Waals surface area contributed by atoms with E-state index >= 15 is 0 Å². The van der Waals surface area contributed by atoms with E-state index in [2.05, 4.69) is 0 Å². The highest BCUT2D eigenvalue weighted by molar-refractivity contribution is 5.89. The highest BCUT2D eigenvalue weighted by Crippen LogP contribution is 2.08. The van der Waals surface area contributed by atoms with Crippen LogP contribution in [0, 0.1) is 6.92 Å². The van der Waals surface area contributed by atoms with E-state index in [-0.39, 0.29) is 11.5 Å². The number of nitrogens with zero attached hydrogens (tertiary/aromatic N) is 1. The van der Waals surface area contributed by atoms with Crippen LogP contribution >= 0.6 is 0 Å². The van der Waals surface area contributed by atoms with Crippen LogP contribution < -0.4 is 5.56 Å². The maximum Gasteiger partial charge on any atom is 0.338 e. The van der Waals surface area contributed by atoms with Crippen LogP contribution in [0.15, 0.2) is 47.4 Å². The lowest BCUT2D eigenvalue weighted by Gasteiger charge is -2.08. The van der Waals surface area contributed by atoms with Crippen molar-refractivity contribution in [2.75, 3.05) is 6.61 Å². The van der Waals surface area contributed by atoms with E-state index in [1.54, 1.807) is 28.8 Å². The minimum atomic E-state index is -0.309. The quantitative estimate of drug-likeness (QED) is 0.794. The molecule has 0 aliphatic heterocycles. The van der Waals surface area contributed by atoms with Gasteiger partial charge >= 0.3 is 5.97 Å². The number of carbonyl (C=O) groups is 1. The monoisotopic (exact) mass is 285 g/mol. The number of ether oxygens (including phenoxy) is 1. The van der Waals surface area contributed by atoms with Gasteiger partial charge in [-0.2, -0.15) is 0 Å². The molecule has 0 saturated heterocycles. The molecule has 0 N–H and O–H groups in total. The Morgan fingerprint density at radius 1 is 1.14 bits per heavy atom. The van der Waals surface area contributed by atoms with Gasteiger partial charge < -0.3 is 9.30 Å². The fourth-order valence-corrected chi connectivity index (χ4v) is 2.00. The molecule has 21 heavy (non-hydrogen) atoms. The van der Waals surface area contributed by atoms with Crippen LogP contribution in [-0.4, -0.2) is 17.1 Å². The molecule has 1 aromatic carbocycles. The molecule has 110 valence electrons. The number of rotatable bonds is 5. The van der Waals surface area contributed by atoms with E-state index in [0.29, 0.717) is 18.7 Å². The van der Waals surface area contributed by atoms with E-state index in [0.717, 1.165) is 17.5 Å². The number of aromatic nitrogens is 1. The molecule has 0 aliphatic carbocycles. The smallest absolute Gasteiger partial charge is 0.338 e. The van der Waals surface area contributed by atoms with Gasteiger partial charge in [-0.1, -0.05) is 25.1 Å². The Morgan fingerprint density at radius 3 is 2.52 bits per heavy atom. The first-order valence-corrected chi connectivity index (χ1v) is 7.03. The standard InChI is InChI=1S/C17H19NO3/c1-3-10-21-17(20)15-7-5-14(6-8-15)12-18-11-13(2)4-9-16(18)19/h4-9,11H,3,10,12H2,1-2H3. The summed E-state index contributed by atoms with van der Waals surface area (Å²) in [7, 11) is 0. The van der Waals surface area contributed by atoms with E-state index in [1.165, 1.54) is 0 Å². The van der Waals surface area contributed by atoms with Crippen molar-refractivity contribution in [1.29, 1.82) is 0 Å². The lowest BCUT2D eigenvalue weighted by Crippen LogP contribution is -2.19. The maximum atomic E-state index is 11.8. The Morgan fingerprint density at radius 2 is 1.86 bits per heavy atom. The summed E-state index contributed by atoms with van der Waals surface area (Å²) in [5, 5.41) is 0. The molecule has 0 amide bonds. The second kappa shape index (κ2) is 6.88. The van der Waals surface area contributed by atoms with Crippen molar-refractivity contribution in [3.05, 3.63) is 69.6 Å². The molecule has 0 fully saturated rings. The summed E-state index contributed by atoms with van der Waals surface area (Å²) >= 11 is 0. The number of esters is 1. The van der Waals surface area contributed by atoms with Crippen molar-refractivity contribution in [3.63, 3.8) is 0 Å². The van der Waals surface area contributed by atoms with Gasteiger partial charge in [0.2, 0.25) is 0 Å². The second-order valence-electron chi connectivity index (χ2n) is 5.01. The summed E-state index contributed by atoms with van der Waals surface area (Å²) in [4.78, 5) is 23.5. The normalized spacial score (nSPS) is 10.4. The largest absolute Gasteiger partial charge is 0.462 e. The maximum absolute atomic E-state index is 11.8. The predicted octanol–water partition coefficient (Wildman–Crippen LogP) is 2.77. The van der Waals surface area contributed by atoms with Crippen LogP contribution in [0.2, 0.25) is 0 Å². The van der Waals surface area contributed by atoms with Crippen molar-refractivity contribution in [2.24, 2.45) is 0 Å². The van der Waals surface area contributed by atoms with Crippen molar-refractivity contribution in [2.45, 2.75) is 26.8 Å². The Kier molecular flexibility index (Phi) is 4.93.